The molecule has 106 valence electrons. The predicted molar refractivity (Wildman–Crippen MR) is 86.5 cm³/mol. The van der Waals surface area contributed by atoms with Gasteiger partial charge in [0.2, 0.25) is 0 Å². The third-order valence-corrected chi connectivity index (χ3v) is 3.53. The molecule has 0 bridgehead atoms. The molecular formula is C17H16ClN3. The highest BCUT2D eigenvalue weighted by Crippen LogP contribution is 2.28. The van der Waals surface area contributed by atoms with Crippen LogP contribution in [-0.4, -0.2) is 15.0 Å². The summed E-state index contributed by atoms with van der Waals surface area (Å²) in [6.45, 7) is 6.32. The van der Waals surface area contributed by atoms with Gasteiger partial charge in [-0.05, 0) is 18.2 Å². The van der Waals surface area contributed by atoms with Crippen LogP contribution in [0.1, 0.15) is 26.5 Å². The van der Waals surface area contributed by atoms with E-state index >= 15 is 0 Å². The van der Waals surface area contributed by atoms with Gasteiger partial charge in [-0.3, -0.25) is 4.98 Å². The molecule has 0 spiro atoms. The predicted octanol–water partition coefficient (Wildman–Crippen LogP) is 4.64. The van der Waals surface area contributed by atoms with Gasteiger partial charge in [-0.25, -0.2) is 9.97 Å². The molecule has 0 aliphatic rings. The summed E-state index contributed by atoms with van der Waals surface area (Å²) in [5.41, 5.74) is 2.63. The molecule has 0 aliphatic carbocycles. The topological polar surface area (TPSA) is 38.7 Å². The summed E-state index contributed by atoms with van der Waals surface area (Å²) >= 11 is 6.19. The Morgan fingerprint density at radius 2 is 1.76 bits per heavy atom. The zero-order valence-electron chi connectivity index (χ0n) is 12.3. The van der Waals surface area contributed by atoms with Gasteiger partial charge in [0, 0.05) is 22.6 Å². The monoisotopic (exact) mass is 297 g/mol. The van der Waals surface area contributed by atoms with E-state index in [0.717, 1.165) is 22.2 Å². The Labute approximate surface area is 129 Å². The number of aromatic nitrogens is 3. The summed E-state index contributed by atoms with van der Waals surface area (Å²) in [5, 5.41) is 1.52. The lowest BCUT2D eigenvalue weighted by atomic mass is 9.92. The molecule has 21 heavy (non-hydrogen) atoms. The largest absolute Gasteiger partial charge is 0.255 e. The number of pyridine rings is 1. The molecular weight excluding hydrogens is 282 g/mol. The number of benzene rings is 1. The molecule has 0 radical (unpaired) electrons. The molecule has 0 atom stereocenters. The van der Waals surface area contributed by atoms with Crippen LogP contribution in [0.3, 0.4) is 0 Å². The Morgan fingerprint density at radius 3 is 2.52 bits per heavy atom. The third-order valence-electron chi connectivity index (χ3n) is 3.34. The van der Waals surface area contributed by atoms with Crippen molar-refractivity contribution in [3.63, 3.8) is 0 Å². The molecule has 3 nitrogen and oxygen atoms in total. The standard InChI is InChI=1S/C17H16ClN3/c1-17(2,3)13-10-14(18)21-16(20-13)12-8-4-6-11-7-5-9-19-15(11)12/h4-10H,1-3H3. The van der Waals surface area contributed by atoms with Crippen LogP contribution >= 0.6 is 11.6 Å². The molecule has 2 heterocycles. The van der Waals surface area contributed by atoms with Crippen LogP contribution in [0.25, 0.3) is 22.3 Å². The maximum Gasteiger partial charge on any atom is 0.163 e. The van der Waals surface area contributed by atoms with Crippen LogP contribution in [0, 0.1) is 0 Å². The molecule has 2 aromatic heterocycles. The summed E-state index contributed by atoms with van der Waals surface area (Å²) in [4.78, 5) is 13.5. The molecule has 0 N–H and O–H groups in total. The highest BCUT2D eigenvalue weighted by atomic mass is 35.5. The van der Waals surface area contributed by atoms with E-state index < -0.39 is 0 Å². The SMILES string of the molecule is CC(C)(C)c1cc(Cl)nc(-c2cccc3cccnc23)n1. The Kier molecular flexibility index (Phi) is 3.38. The first-order valence-corrected chi connectivity index (χ1v) is 7.22. The molecule has 0 saturated carbocycles. The zero-order valence-corrected chi connectivity index (χ0v) is 13.0. The van der Waals surface area contributed by atoms with Crippen LogP contribution < -0.4 is 0 Å². The van der Waals surface area contributed by atoms with Gasteiger partial charge in [0.1, 0.15) is 5.15 Å². The normalized spacial score (nSPS) is 11.8. The van der Waals surface area contributed by atoms with Gasteiger partial charge in [0.05, 0.1) is 11.2 Å². The molecule has 3 rings (SSSR count). The lowest BCUT2D eigenvalue weighted by molar-refractivity contribution is 0.568. The van der Waals surface area contributed by atoms with E-state index in [2.05, 4.69) is 35.7 Å². The van der Waals surface area contributed by atoms with Gasteiger partial charge in [-0.15, -0.1) is 0 Å². The number of para-hydroxylation sites is 1. The van der Waals surface area contributed by atoms with Crippen LogP contribution in [0.4, 0.5) is 0 Å². The molecule has 0 amide bonds. The number of hydrogen-bond acceptors (Lipinski definition) is 3. The number of halogens is 1. The van der Waals surface area contributed by atoms with Crippen LogP contribution in [0.15, 0.2) is 42.6 Å². The summed E-state index contributed by atoms with van der Waals surface area (Å²) in [5.74, 6) is 0.622. The molecule has 0 saturated heterocycles. The van der Waals surface area contributed by atoms with Crippen molar-refractivity contribution in [2.75, 3.05) is 0 Å². The van der Waals surface area contributed by atoms with Crippen molar-refractivity contribution in [2.45, 2.75) is 26.2 Å². The van der Waals surface area contributed by atoms with E-state index in [4.69, 9.17) is 11.6 Å². The number of nitrogens with zero attached hydrogens (tertiary/aromatic N) is 3. The lowest BCUT2D eigenvalue weighted by Crippen LogP contribution is -2.14. The quantitative estimate of drug-likeness (QED) is 0.614. The zero-order chi connectivity index (χ0) is 15.0. The van der Waals surface area contributed by atoms with Crippen molar-refractivity contribution >= 4 is 22.5 Å². The Balaban J connectivity index is 2.26. The van der Waals surface area contributed by atoms with E-state index in [0.29, 0.717) is 11.0 Å². The molecule has 0 fully saturated rings. The van der Waals surface area contributed by atoms with Crippen LogP contribution in [0.2, 0.25) is 5.15 Å². The first-order valence-electron chi connectivity index (χ1n) is 6.84. The Hall–Kier alpha value is -2.00. The van der Waals surface area contributed by atoms with Gasteiger partial charge in [0.15, 0.2) is 5.82 Å². The van der Waals surface area contributed by atoms with Crippen molar-refractivity contribution < 1.29 is 0 Å². The minimum Gasteiger partial charge on any atom is -0.255 e. The number of fused-ring (bicyclic) bond motifs is 1. The van der Waals surface area contributed by atoms with Gasteiger partial charge in [-0.2, -0.15) is 0 Å². The van der Waals surface area contributed by atoms with Crippen molar-refractivity contribution in [2.24, 2.45) is 0 Å². The fourth-order valence-electron chi connectivity index (χ4n) is 2.21. The second-order valence-electron chi connectivity index (χ2n) is 6.03. The summed E-state index contributed by atoms with van der Waals surface area (Å²) < 4.78 is 0. The maximum absolute atomic E-state index is 6.19. The van der Waals surface area contributed by atoms with E-state index in [9.17, 15) is 0 Å². The molecule has 4 heteroatoms. The average molecular weight is 298 g/mol. The molecule has 3 aromatic rings. The van der Waals surface area contributed by atoms with E-state index in [1.165, 1.54) is 0 Å². The van der Waals surface area contributed by atoms with Crippen molar-refractivity contribution in [1.82, 2.24) is 15.0 Å². The highest BCUT2D eigenvalue weighted by molar-refractivity contribution is 6.29. The second-order valence-corrected chi connectivity index (χ2v) is 6.42. The first kappa shape index (κ1) is 14.0. The molecule has 1 aromatic carbocycles. The first-order chi connectivity index (χ1) is 9.95. The molecule has 0 unspecified atom stereocenters. The van der Waals surface area contributed by atoms with Crippen LogP contribution in [-0.2, 0) is 5.41 Å². The Morgan fingerprint density at radius 1 is 1.00 bits per heavy atom. The smallest absolute Gasteiger partial charge is 0.163 e. The Bertz CT molecular complexity index is 801. The summed E-state index contributed by atoms with van der Waals surface area (Å²) in [6.07, 6.45) is 1.78. The van der Waals surface area contributed by atoms with Crippen LogP contribution in [0.5, 0.6) is 0 Å². The summed E-state index contributed by atoms with van der Waals surface area (Å²) in [6, 6.07) is 11.8. The minimum atomic E-state index is -0.0840. The van der Waals surface area contributed by atoms with Gasteiger partial charge in [-0.1, -0.05) is 50.6 Å². The van der Waals surface area contributed by atoms with Crippen molar-refractivity contribution in [3.8, 4) is 11.4 Å². The van der Waals surface area contributed by atoms with Crippen molar-refractivity contribution in [3.05, 3.63) is 53.4 Å². The average Bonchev–Trinajstić information content (AvgIpc) is 2.45. The highest BCUT2D eigenvalue weighted by Gasteiger charge is 2.19. The maximum atomic E-state index is 6.19. The third kappa shape index (κ3) is 2.74. The fraction of sp³-hybridized carbons (Fsp3) is 0.235. The van der Waals surface area contributed by atoms with E-state index in [1.54, 1.807) is 6.20 Å². The van der Waals surface area contributed by atoms with Gasteiger partial charge < -0.3 is 0 Å². The van der Waals surface area contributed by atoms with Gasteiger partial charge >= 0.3 is 0 Å². The number of hydrogen-bond donors (Lipinski definition) is 0. The van der Waals surface area contributed by atoms with Crippen molar-refractivity contribution in [1.29, 1.82) is 0 Å². The van der Waals surface area contributed by atoms with Gasteiger partial charge in [0.25, 0.3) is 0 Å². The number of rotatable bonds is 1. The van der Waals surface area contributed by atoms with E-state index in [1.807, 2.05) is 36.4 Å². The van der Waals surface area contributed by atoms with E-state index in [-0.39, 0.29) is 5.41 Å². The second kappa shape index (κ2) is 5.08. The summed E-state index contributed by atoms with van der Waals surface area (Å²) in [7, 11) is 0. The lowest BCUT2D eigenvalue weighted by Gasteiger charge is -2.18. The molecule has 0 aliphatic heterocycles. The minimum absolute atomic E-state index is 0.0840. The fourth-order valence-corrected chi connectivity index (χ4v) is 2.39.